The molecule has 0 aliphatic carbocycles. The standard InChI is InChI=1S/C24H28FN3O2/c25-21-5-2-18(3-6-21)7-11-27-12-9-22(10-13-27)28-14-8-20-4-1-19(15-23(20)28)16-26-24(30)17-29/h1-6,8,14-15,22,29H,7,9-13,16-17H2,(H,26,30). The van der Waals surface area contributed by atoms with Gasteiger partial charge in [-0.3, -0.25) is 4.79 Å². The second-order valence-electron chi connectivity index (χ2n) is 8.00. The van der Waals surface area contributed by atoms with Crippen LogP contribution in [-0.2, 0) is 17.8 Å². The molecule has 1 saturated heterocycles. The van der Waals surface area contributed by atoms with Crippen LogP contribution in [0.1, 0.15) is 30.0 Å². The number of nitrogens with one attached hydrogen (secondary N) is 1. The van der Waals surface area contributed by atoms with Crippen LogP contribution in [0.2, 0.25) is 0 Å². The summed E-state index contributed by atoms with van der Waals surface area (Å²) in [6.07, 6.45) is 5.30. The molecule has 3 aromatic rings. The van der Waals surface area contributed by atoms with Crippen LogP contribution in [0.15, 0.2) is 54.7 Å². The summed E-state index contributed by atoms with van der Waals surface area (Å²) in [5.41, 5.74) is 3.40. The van der Waals surface area contributed by atoms with E-state index in [0.29, 0.717) is 12.6 Å². The van der Waals surface area contributed by atoms with E-state index in [4.69, 9.17) is 5.11 Å². The normalized spacial score (nSPS) is 15.5. The molecule has 1 amide bonds. The highest BCUT2D eigenvalue weighted by Gasteiger charge is 2.21. The van der Waals surface area contributed by atoms with Crippen LogP contribution in [0, 0.1) is 5.82 Å². The minimum Gasteiger partial charge on any atom is -0.387 e. The van der Waals surface area contributed by atoms with E-state index in [0.717, 1.165) is 44.5 Å². The van der Waals surface area contributed by atoms with Gasteiger partial charge in [-0.05, 0) is 60.0 Å². The minimum atomic E-state index is -0.488. The number of hydrogen-bond donors (Lipinski definition) is 2. The second-order valence-corrected chi connectivity index (χ2v) is 8.00. The van der Waals surface area contributed by atoms with E-state index in [2.05, 4.69) is 39.2 Å². The molecule has 158 valence electrons. The fourth-order valence-electron chi connectivity index (χ4n) is 4.24. The smallest absolute Gasteiger partial charge is 0.245 e. The number of aliphatic hydroxyl groups is 1. The van der Waals surface area contributed by atoms with E-state index < -0.39 is 6.61 Å². The lowest BCUT2D eigenvalue weighted by Gasteiger charge is -2.33. The molecule has 0 bridgehead atoms. The van der Waals surface area contributed by atoms with Gasteiger partial charge in [-0.2, -0.15) is 0 Å². The van der Waals surface area contributed by atoms with Gasteiger partial charge in [0, 0.05) is 43.9 Å². The molecule has 1 aliphatic rings. The number of nitrogens with zero attached hydrogens (tertiary/aromatic N) is 2. The number of piperidine rings is 1. The van der Waals surface area contributed by atoms with E-state index in [1.807, 2.05) is 18.2 Å². The third-order valence-corrected chi connectivity index (χ3v) is 6.00. The molecule has 2 heterocycles. The molecule has 0 saturated carbocycles. The highest BCUT2D eigenvalue weighted by molar-refractivity contribution is 5.81. The number of aromatic nitrogens is 1. The Kier molecular flexibility index (Phi) is 6.45. The highest BCUT2D eigenvalue weighted by atomic mass is 19.1. The Hall–Kier alpha value is -2.70. The lowest BCUT2D eigenvalue weighted by atomic mass is 10.0. The van der Waals surface area contributed by atoms with E-state index in [1.165, 1.54) is 28.6 Å². The number of fused-ring (bicyclic) bond motifs is 1. The van der Waals surface area contributed by atoms with E-state index in [-0.39, 0.29) is 11.7 Å². The Labute approximate surface area is 176 Å². The summed E-state index contributed by atoms with van der Waals surface area (Å²) < 4.78 is 15.4. The van der Waals surface area contributed by atoms with Crippen LogP contribution in [0.25, 0.3) is 10.9 Å². The maximum absolute atomic E-state index is 13.0. The highest BCUT2D eigenvalue weighted by Crippen LogP contribution is 2.28. The number of likely N-dealkylation sites (tertiary alicyclic amines) is 1. The Morgan fingerprint density at radius 2 is 1.80 bits per heavy atom. The average molecular weight is 410 g/mol. The molecule has 30 heavy (non-hydrogen) atoms. The molecule has 1 aliphatic heterocycles. The van der Waals surface area contributed by atoms with Crippen molar-refractivity contribution in [1.29, 1.82) is 0 Å². The number of amides is 1. The number of benzene rings is 2. The molecule has 1 fully saturated rings. The van der Waals surface area contributed by atoms with Gasteiger partial charge in [0.2, 0.25) is 5.91 Å². The summed E-state index contributed by atoms with van der Waals surface area (Å²) in [6.45, 7) is 3.04. The average Bonchev–Trinajstić information content (AvgIpc) is 3.20. The second kappa shape index (κ2) is 9.41. The zero-order valence-corrected chi connectivity index (χ0v) is 17.1. The molecular weight excluding hydrogens is 381 g/mol. The van der Waals surface area contributed by atoms with Gasteiger partial charge in [-0.25, -0.2) is 4.39 Å². The van der Waals surface area contributed by atoms with Crippen molar-refractivity contribution in [3.63, 3.8) is 0 Å². The summed E-state index contributed by atoms with van der Waals surface area (Å²) >= 11 is 0. The van der Waals surface area contributed by atoms with E-state index in [9.17, 15) is 9.18 Å². The molecular formula is C24H28FN3O2. The fourth-order valence-corrected chi connectivity index (χ4v) is 4.24. The van der Waals surface area contributed by atoms with Gasteiger partial charge in [0.15, 0.2) is 0 Å². The van der Waals surface area contributed by atoms with Crippen LogP contribution in [0.4, 0.5) is 4.39 Å². The van der Waals surface area contributed by atoms with Gasteiger partial charge in [-0.1, -0.05) is 24.3 Å². The predicted octanol–water partition coefficient (Wildman–Crippen LogP) is 3.27. The molecule has 0 atom stereocenters. The maximum atomic E-state index is 13.0. The monoisotopic (exact) mass is 409 g/mol. The first kappa shape index (κ1) is 20.6. The molecule has 1 aromatic heterocycles. The van der Waals surface area contributed by atoms with Gasteiger partial charge in [-0.15, -0.1) is 0 Å². The lowest BCUT2D eigenvalue weighted by molar-refractivity contribution is -0.123. The zero-order valence-electron chi connectivity index (χ0n) is 17.1. The summed E-state index contributed by atoms with van der Waals surface area (Å²) in [6, 6.07) is 15.6. The lowest BCUT2D eigenvalue weighted by Crippen LogP contribution is -2.35. The molecule has 0 spiro atoms. The fraction of sp³-hybridized carbons (Fsp3) is 0.375. The predicted molar refractivity (Wildman–Crippen MR) is 116 cm³/mol. The largest absolute Gasteiger partial charge is 0.387 e. The minimum absolute atomic E-state index is 0.183. The van der Waals surface area contributed by atoms with Crippen molar-refractivity contribution in [2.75, 3.05) is 26.2 Å². The zero-order chi connectivity index (χ0) is 20.9. The van der Waals surface area contributed by atoms with E-state index >= 15 is 0 Å². The van der Waals surface area contributed by atoms with Gasteiger partial charge in [0.25, 0.3) is 0 Å². The number of rotatable bonds is 7. The third-order valence-electron chi connectivity index (χ3n) is 6.00. The van der Waals surface area contributed by atoms with Crippen LogP contribution in [0.5, 0.6) is 0 Å². The molecule has 0 radical (unpaired) electrons. The van der Waals surface area contributed by atoms with Crippen molar-refractivity contribution < 1.29 is 14.3 Å². The molecule has 2 aromatic carbocycles. The summed E-state index contributed by atoms with van der Waals surface area (Å²) in [5.74, 6) is -0.545. The Balaban J connectivity index is 1.35. The first-order valence-electron chi connectivity index (χ1n) is 10.6. The first-order valence-corrected chi connectivity index (χ1v) is 10.6. The Bertz CT molecular complexity index is 991. The van der Waals surface area contributed by atoms with Crippen molar-refractivity contribution in [1.82, 2.24) is 14.8 Å². The van der Waals surface area contributed by atoms with Gasteiger partial charge in [0.05, 0.1) is 0 Å². The number of carbonyl (C=O) groups is 1. The summed E-state index contributed by atoms with van der Waals surface area (Å²) in [7, 11) is 0. The molecule has 5 nitrogen and oxygen atoms in total. The quantitative estimate of drug-likeness (QED) is 0.630. The van der Waals surface area contributed by atoms with Crippen molar-refractivity contribution in [3.05, 3.63) is 71.7 Å². The number of hydrogen-bond acceptors (Lipinski definition) is 3. The van der Waals surface area contributed by atoms with Crippen LogP contribution in [0.3, 0.4) is 0 Å². The first-order chi connectivity index (χ1) is 14.6. The van der Waals surface area contributed by atoms with E-state index in [1.54, 1.807) is 0 Å². The molecule has 2 N–H and O–H groups in total. The van der Waals surface area contributed by atoms with Gasteiger partial charge < -0.3 is 19.9 Å². The van der Waals surface area contributed by atoms with Gasteiger partial charge >= 0.3 is 0 Å². The summed E-state index contributed by atoms with van der Waals surface area (Å²) in [4.78, 5) is 13.8. The van der Waals surface area contributed by atoms with Gasteiger partial charge in [0.1, 0.15) is 12.4 Å². The maximum Gasteiger partial charge on any atom is 0.245 e. The topological polar surface area (TPSA) is 57.5 Å². The summed E-state index contributed by atoms with van der Waals surface area (Å²) in [5, 5.41) is 12.8. The molecule has 0 unspecified atom stereocenters. The third kappa shape index (κ3) is 4.89. The SMILES string of the molecule is O=C(CO)NCc1ccc2ccn(C3CCN(CCc4ccc(F)cc4)CC3)c2c1. The number of halogens is 1. The Morgan fingerprint density at radius 3 is 2.53 bits per heavy atom. The van der Waals surface area contributed by atoms with Crippen LogP contribution < -0.4 is 5.32 Å². The van der Waals surface area contributed by atoms with Crippen molar-refractivity contribution in [2.45, 2.75) is 31.8 Å². The van der Waals surface area contributed by atoms with Crippen molar-refractivity contribution in [2.24, 2.45) is 0 Å². The molecule has 4 rings (SSSR count). The van der Waals surface area contributed by atoms with Crippen LogP contribution in [-0.4, -0.2) is 46.7 Å². The number of aliphatic hydroxyl groups excluding tert-OH is 1. The van der Waals surface area contributed by atoms with Crippen LogP contribution >= 0.6 is 0 Å². The Morgan fingerprint density at radius 1 is 1.07 bits per heavy atom. The number of carbonyl (C=O) groups excluding carboxylic acids is 1. The van der Waals surface area contributed by atoms with Crippen molar-refractivity contribution >= 4 is 16.8 Å². The molecule has 6 heteroatoms. The van der Waals surface area contributed by atoms with Crippen molar-refractivity contribution in [3.8, 4) is 0 Å².